The van der Waals surface area contributed by atoms with Crippen LogP contribution in [0.25, 0.3) is 0 Å². The van der Waals surface area contributed by atoms with Gasteiger partial charge >= 0.3 is 0 Å². The first-order valence-electron chi connectivity index (χ1n) is 7.46. The highest BCUT2D eigenvalue weighted by atomic mass is 32.1. The lowest BCUT2D eigenvalue weighted by atomic mass is 9.92. The van der Waals surface area contributed by atoms with Crippen LogP contribution in [0.4, 0.5) is 5.95 Å². The molecule has 23 heavy (non-hydrogen) atoms. The Morgan fingerprint density at radius 1 is 1.48 bits per heavy atom. The van der Waals surface area contributed by atoms with Gasteiger partial charge in [0.05, 0.1) is 30.4 Å². The van der Waals surface area contributed by atoms with E-state index in [0.29, 0.717) is 23.8 Å². The van der Waals surface area contributed by atoms with Crippen molar-refractivity contribution in [2.75, 3.05) is 31.6 Å². The van der Waals surface area contributed by atoms with E-state index < -0.39 is 5.60 Å². The van der Waals surface area contributed by atoms with Gasteiger partial charge in [-0.15, -0.1) is 11.3 Å². The Kier molecular flexibility index (Phi) is 4.53. The number of hydrogen-bond donors (Lipinski definition) is 1. The Labute approximate surface area is 138 Å². The summed E-state index contributed by atoms with van der Waals surface area (Å²) in [6.07, 6.45) is 6.41. The molecule has 2 aromatic heterocycles. The second-order valence-electron chi connectivity index (χ2n) is 5.83. The van der Waals surface area contributed by atoms with Gasteiger partial charge < -0.3 is 14.9 Å². The number of likely N-dealkylation sites (N-methyl/N-ethyl adjacent to an activating group) is 1. The molecule has 0 unspecified atom stereocenters. The second-order valence-corrected chi connectivity index (χ2v) is 6.71. The molecule has 122 valence electrons. The van der Waals surface area contributed by atoms with Crippen molar-refractivity contribution >= 4 is 23.2 Å². The fraction of sp³-hybridized carbons (Fsp3) is 0.467. The third-order valence-corrected chi connectivity index (χ3v) is 4.67. The van der Waals surface area contributed by atoms with Crippen LogP contribution in [0.15, 0.2) is 30.2 Å². The van der Waals surface area contributed by atoms with E-state index in [4.69, 9.17) is 0 Å². The zero-order valence-electron chi connectivity index (χ0n) is 12.9. The monoisotopic (exact) mass is 333 g/mol. The summed E-state index contributed by atoms with van der Waals surface area (Å²) in [5.41, 5.74) is 0.664. The molecule has 3 heterocycles. The van der Waals surface area contributed by atoms with Crippen molar-refractivity contribution in [1.29, 1.82) is 0 Å². The van der Waals surface area contributed by atoms with Gasteiger partial charge in [0, 0.05) is 26.0 Å². The molecule has 1 N–H and O–H groups in total. The minimum Gasteiger partial charge on any atom is -0.386 e. The molecule has 1 atom stereocenters. The van der Waals surface area contributed by atoms with Gasteiger partial charge in [0.1, 0.15) is 4.88 Å². The van der Waals surface area contributed by atoms with Crippen LogP contribution in [0.2, 0.25) is 0 Å². The Balaban J connectivity index is 1.67. The van der Waals surface area contributed by atoms with Crippen molar-refractivity contribution in [3.63, 3.8) is 0 Å². The number of thiazole rings is 1. The average Bonchev–Trinajstić information content (AvgIpc) is 3.09. The van der Waals surface area contributed by atoms with E-state index >= 15 is 0 Å². The molecule has 8 heteroatoms. The highest BCUT2D eigenvalue weighted by molar-refractivity contribution is 7.11. The summed E-state index contributed by atoms with van der Waals surface area (Å²) >= 11 is 1.30. The maximum absolute atomic E-state index is 12.3. The first-order chi connectivity index (χ1) is 11.1. The molecule has 0 aromatic carbocycles. The fourth-order valence-corrected chi connectivity index (χ4v) is 3.50. The third-order valence-electron chi connectivity index (χ3n) is 3.91. The van der Waals surface area contributed by atoms with Crippen molar-refractivity contribution in [1.82, 2.24) is 19.9 Å². The van der Waals surface area contributed by atoms with Crippen molar-refractivity contribution in [2.24, 2.45) is 0 Å². The molecule has 1 aliphatic heterocycles. The number of piperidine rings is 1. The van der Waals surface area contributed by atoms with E-state index in [1.807, 2.05) is 4.90 Å². The lowest BCUT2D eigenvalue weighted by Gasteiger charge is -2.41. The van der Waals surface area contributed by atoms with E-state index in [0.717, 1.165) is 13.0 Å². The van der Waals surface area contributed by atoms with E-state index in [-0.39, 0.29) is 12.5 Å². The predicted molar refractivity (Wildman–Crippen MR) is 87.5 cm³/mol. The number of amides is 1. The standard InChI is InChI=1S/C15H19N5O2S/c1-19(13(21)12-8-16-11-23-12)9-15(22)4-2-7-20(10-15)14-17-5-3-6-18-14/h3,5-6,8,11,22H,2,4,7,9-10H2,1H3/t15-/m1/s1. The Morgan fingerprint density at radius 3 is 2.96 bits per heavy atom. The molecule has 1 fully saturated rings. The second kappa shape index (κ2) is 6.59. The minimum atomic E-state index is -0.966. The highest BCUT2D eigenvalue weighted by Crippen LogP contribution is 2.25. The summed E-state index contributed by atoms with van der Waals surface area (Å²) in [6, 6.07) is 1.77. The number of hydrogen-bond acceptors (Lipinski definition) is 7. The number of carbonyl (C=O) groups excluding carboxylic acids is 1. The molecule has 0 bridgehead atoms. The molecule has 1 saturated heterocycles. The number of rotatable bonds is 4. The summed E-state index contributed by atoms with van der Waals surface area (Å²) in [6.45, 7) is 1.49. The molecule has 1 amide bonds. The van der Waals surface area contributed by atoms with Gasteiger partial charge in [0.15, 0.2) is 0 Å². The van der Waals surface area contributed by atoms with Crippen molar-refractivity contribution in [2.45, 2.75) is 18.4 Å². The van der Waals surface area contributed by atoms with Gasteiger partial charge in [-0.2, -0.15) is 0 Å². The Bertz CT molecular complexity index is 651. The van der Waals surface area contributed by atoms with Crippen LogP contribution in [0.1, 0.15) is 22.5 Å². The van der Waals surface area contributed by atoms with Crippen LogP contribution >= 0.6 is 11.3 Å². The van der Waals surface area contributed by atoms with Gasteiger partial charge in [-0.25, -0.2) is 9.97 Å². The van der Waals surface area contributed by atoms with Crippen molar-refractivity contribution < 1.29 is 9.90 Å². The average molecular weight is 333 g/mol. The van der Waals surface area contributed by atoms with Gasteiger partial charge in [0.2, 0.25) is 5.95 Å². The maximum atomic E-state index is 12.3. The van der Waals surface area contributed by atoms with Gasteiger partial charge in [-0.05, 0) is 18.9 Å². The zero-order chi connectivity index (χ0) is 16.3. The number of anilines is 1. The molecule has 0 spiro atoms. The SMILES string of the molecule is CN(C[C@]1(O)CCCN(c2ncccn2)C1)C(=O)c1cncs1. The molecule has 0 saturated carbocycles. The summed E-state index contributed by atoms with van der Waals surface area (Å²) in [4.78, 5) is 28.8. The van der Waals surface area contributed by atoms with Crippen LogP contribution in [0.3, 0.4) is 0 Å². The molecular weight excluding hydrogens is 314 g/mol. The Morgan fingerprint density at radius 2 is 2.26 bits per heavy atom. The van der Waals surface area contributed by atoms with E-state index in [1.54, 1.807) is 42.1 Å². The minimum absolute atomic E-state index is 0.117. The molecule has 7 nitrogen and oxygen atoms in total. The fourth-order valence-electron chi connectivity index (χ4n) is 2.89. The summed E-state index contributed by atoms with van der Waals surface area (Å²) < 4.78 is 0. The van der Waals surface area contributed by atoms with Crippen LogP contribution in [0, 0.1) is 0 Å². The van der Waals surface area contributed by atoms with E-state index in [9.17, 15) is 9.90 Å². The lowest BCUT2D eigenvalue weighted by Crippen LogP contribution is -2.55. The largest absolute Gasteiger partial charge is 0.386 e. The van der Waals surface area contributed by atoms with Crippen molar-refractivity contribution in [3.8, 4) is 0 Å². The molecule has 0 aliphatic carbocycles. The number of aromatic nitrogens is 3. The van der Waals surface area contributed by atoms with Crippen LogP contribution in [-0.2, 0) is 0 Å². The third kappa shape index (κ3) is 3.65. The first-order valence-corrected chi connectivity index (χ1v) is 8.34. The number of β-amino-alcohol motifs (C(OH)–C–C–N with tert-alkyl or cyclic N) is 1. The predicted octanol–water partition coefficient (Wildman–Crippen LogP) is 1.04. The molecular formula is C15H19N5O2S. The molecule has 1 aliphatic rings. The van der Waals surface area contributed by atoms with Crippen molar-refractivity contribution in [3.05, 3.63) is 35.0 Å². The molecule has 3 rings (SSSR count). The summed E-state index contributed by atoms with van der Waals surface area (Å²) in [5.74, 6) is 0.496. The van der Waals surface area contributed by atoms with Gasteiger partial charge in [-0.3, -0.25) is 9.78 Å². The summed E-state index contributed by atoms with van der Waals surface area (Å²) in [7, 11) is 1.71. The Hall–Kier alpha value is -2.06. The highest BCUT2D eigenvalue weighted by Gasteiger charge is 2.36. The maximum Gasteiger partial charge on any atom is 0.265 e. The van der Waals surface area contributed by atoms with Crippen LogP contribution in [0.5, 0.6) is 0 Å². The normalized spacial score (nSPS) is 21.2. The van der Waals surface area contributed by atoms with E-state index in [2.05, 4.69) is 15.0 Å². The van der Waals surface area contributed by atoms with Crippen LogP contribution < -0.4 is 4.90 Å². The van der Waals surface area contributed by atoms with Gasteiger partial charge in [-0.1, -0.05) is 0 Å². The topological polar surface area (TPSA) is 82.5 Å². The van der Waals surface area contributed by atoms with Gasteiger partial charge in [0.25, 0.3) is 5.91 Å². The van der Waals surface area contributed by atoms with E-state index in [1.165, 1.54) is 11.3 Å². The zero-order valence-corrected chi connectivity index (χ0v) is 13.7. The number of nitrogens with zero attached hydrogens (tertiary/aromatic N) is 5. The molecule has 0 radical (unpaired) electrons. The smallest absolute Gasteiger partial charge is 0.265 e. The lowest BCUT2D eigenvalue weighted by molar-refractivity contribution is -0.000180. The number of aliphatic hydroxyl groups is 1. The first kappa shape index (κ1) is 15.8. The quantitative estimate of drug-likeness (QED) is 0.900. The molecule has 2 aromatic rings. The number of carbonyl (C=O) groups is 1. The van der Waals surface area contributed by atoms with Crippen LogP contribution in [-0.4, -0.2) is 63.1 Å². The summed E-state index contributed by atoms with van der Waals surface area (Å²) in [5, 5.41) is 10.9.